The Morgan fingerprint density at radius 3 is 2.58 bits per heavy atom. The van der Waals surface area contributed by atoms with Gasteiger partial charge in [0.2, 0.25) is 0 Å². The van der Waals surface area contributed by atoms with E-state index < -0.39 is 18.1 Å². The maximum atomic E-state index is 12.4. The quantitative estimate of drug-likeness (QED) is 0.382. The van der Waals surface area contributed by atoms with Gasteiger partial charge in [-0.15, -0.1) is 0 Å². The average molecular weight is 421 g/mol. The number of nitrogens with one attached hydrogen (secondary N) is 1. The van der Waals surface area contributed by atoms with Crippen molar-refractivity contribution in [3.05, 3.63) is 75.6 Å². The van der Waals surface area contributed by atoms with E-state index >= 15 is 0 Å². The van der Waals surface area contributed by atoms with Gasteiger partial charge in [-0.3, -0.25) is 0 Å². The fourth-order valence-corrected chi connectivity index (χ4v) is 3.69. The fourth-order valence-electron chi connectivity index (χ4n) is 3.69. The van der Waals surface area contributed by atoms with E-state index in [2.05, 4.69) is 5.32 Å². The SMILES string of the molecule is CC(NC(=O)OCc1ccccc1)C(=O)Oc1ccc2c3c(c(=O)oc2c1)CCCC3. The lowest BCUT2D eigenvalue weighted by Crippen LogP contribution is -2.41. The first kappa shape index (κ1) is 20.7. The first-order valence-electron chi connectivity index (χ1n) is 10.3. The van der Waals surface area contributed by atoms with Crippen LogP contribution in [0, 0.1) is 0 Å². The highest BCUT2D eigenvalue weighted by Gasteiger charge is 2.21. The summed E-state index contributed by atoms with van der Waals surface area (Å²) < 4.78 is 15.9. The molecule has 3 aromatic rings. The Labute approximate surface area is 179 Å². The smallest absolute Gasteiger partial charge is 0.408 e. The highest BCUT2D eigenvalue weighted by molar-refractivity contribution is 5.85. The van der Waals surface area contributed by atoms with E-state index in [9.17, 15) is 14.4 Å². The number of hydrogen-bond donors (Lipinski definition) is 1. The monoisotopic (exact) mass is 421 g/mol. The van der Waals surface area contributed by atoms with Crippen molar-refractivity contribution >= 4 is 23.0 Å². The Hall–Kier alpha value is -3.61. The molecule has 0 spiro atoms. The predicted molar refractivity (Wildman–Crippen MR) is 114 cm³/mol. The summed E-state index contributed by atoms with van der Waals surface area (Å²) in [6.07, 6.45) is 2.87. The molecule has 0 fully saturated rings. The molecule has 1 amide bonds. The lowest BCUT2D eigenvalue weighted by atomic mass is 9.91. The van der Waals surface area contributed by atoms with Crippen molar-refractivity contribution in [2.24, 2.45) is 0 Å². The first-order chi connectivity index (χ1) is 15.0. The standard InChI is InChI=1S/C24H23NO6/c1-15(25-24(28)29-14-16-7-3-2-4-8-16)22(26)30-17-11-12-19-18-9-5-6-10-20(18)23(27)31-21(19)13-17/h2-4,7-8,11-13,15H,5-6,9-10,14H2,1H3,(H,25,28). The maximum Gasteiger partial charge on any atom is 0.408 e. The van der Waals surface area contributed by atoms with Crippen LogP contribution in [0.25, 0.3) is 11.0 Å². The zero-order valence-electron chi connectivity index (χ0n) is 17.2. The predicted octanol–water partition coefficient (Wildman–Crippen LogP) is 3.89. The number of hydrogen-bond acceptors (Lipinski definition) is 6. The zero-order valence-corrected chi connectivity index (χ0v) is 17.2. The number of fused-ring (bicyclic) bond motifs is 3. The number of ether oxygens (including phenoxy) is 2. The number of rotatable bonds is 5. The number of carbonyl (C=O) groups is 2. The van der Waals surface area contributed by atoms with Crippen LogP contribution in [0.5, 0.6) is 5.75 Å². The van der Waals surface area contributed by atoms with Crippen molar-refractivity contribution in [2.45, 2.75) is 45.3 Å². The molecular formula is C24H23NO6. The third-order valence-electron chi connectivity index (χ3n) is 5.31. The highest BCUT2D eigenvalue weighted by Crippen LogP contribution is 2.29. The second kappa shape index (κ2) is 9.04. The van der Waals surface area contributed by atoms with Crippen molar-refractivity contribution in [1.82, 2.24) is 5.32 Å². The molecule has 0 saturated heterocycles. The molecule has 0 saturated carbocycles. The van der Waals surface area contributed by atoms with Gasteiger partial charge in [0.1, 0.15) is 24.0 Å². The molecule has 2 aromatic carbocycles. The first-order valence-corrected chi connectivity index (χ1v) is 10.3. The number of carbonyl (C=O) groups excluding carboxylic acids is 2. The van der Waals surface area contributed by atoms with Crippen molar-refractivity contribution in [3.8, 4) is 5.75 Å². The zero-order chi connectivity index (χ0) is 21.8. The summed E-state index contributed by atoms with van der Waals surface area (Å²) in [5, 5.41) is 3.31. The van der Waals surface area contributed by atoms with Gasteiger partial charge in [-0.1, -0.05) is 30.3 Å². The Balaban J connectivity index is 1.39. The van der Waals surface area contributed by atoms with E-state index in [1.165, 1.54) is 13.0 Å². The van der Waals surface area contributed by atoms with E-state index in [0.717, 1.165) is 47.8 Å². The molecule has 1 aliphatic rings. The van der Waals surface area contributed by atoms with Crippen LogP contribution in [0.4, 0.5) is 4.79 Å². The lowest BCUT2D eigenvalue weighted by molar-refractivity contribution is -0.136. The van der Waals surface area contributed by atoms with Gasteiger partial charge in [-0.05, 0) is 55.9 Å². The minimum atomic E-state index is -0.922. The van der Waals surface area contributed by atoms with E-state index in [4.69, 9.17) is 13.9 Å². The Morgan fingerprint density at radius 1 is 1.06 bits per heavy atom. The van der Waals surface area contributed by atoms with Crippen LogP contribution in [0.2, 0.25) is 0 Å². The molecule has 0 bridgehead atoms. The molecule has 1 N–H and O–H groups in total. The molecule has 1 aromatic heterocycles. The van der Waals surface area contributed by atoms with Crippen LogP contribution in [-0.4, -0.2) is 18.1 Å². The fraction of sp³-hybridized carbons (Fsp3) is 0.292. The molecule has 160 valence electrons. The normalized spacial score (nSPS) is 13.8. The summed E-state index contributed by atoms with van der Waals surface area (Å²) >= 11 is 0. The summed E-state index contributed by atoms with van der Waals surface area (Å²) in [4.78, 5) is 36.6. The van der Waals surface area contributed by atoms with Crippen LogP contribution >= 0.6 is 0 Å². The van der Waals surface area contributed by atoms with E-state index in [-0.39, 0.29) is 18.0 Å². The van der Waals surface area contributed by atoms with E-state index in [1.807, 2.05) is 30.3 Å². The number of benzene rings is 2. The summed E-state index contributed by atoms with van der Waals surface area (Å²) in [6.45, 7) is 1.60. The number of esters is 1. The third kappa shape index (κ3) is 4.77. The number of amides is 1. The van der Waals surface area contributed by atoms with E-state index in [0.29, 0.717) is 5.58 Å². The van der Waals surface area contributed by atoms with E-state index in [1.54, 1.807) is 12.1 Å². The number of aryl methyl sites for hydroxylation is 1. The topological polar surface area (TPSA) is 94.8 Å². The lowest BCUT2D eigenvalue weighted by Gasteiger charge is -2.17. The molecule has 1 unspecified atom stereocenters. The molecule has 0 radical (unpaired) electrons. The van der Waals surface area contributed by atoms with Gasteiger partial charge >= 0.3 is 17.7 Å². The molecule has 0 aliphatic heterocycles. The Bertz CT molecular complexity index is 1170. The Kier molecular flexibility index (Phi) is 6.02. The summed E-state index contributed by atoms with van der Waals surface area (Å²) in [7, 11) is 0. The average Bonchev–Trinajstić information content (AvgIpc) is 2.78. The maximum absolute atomic E-state index is 12.4. The third-order valence-corrected chi connectivity index (χ3v) is 5.31. The van der Waals surface area contributed by atoms with Gasteiger partial charge in [0.25, 0.3) is 0 Å². The van der Waals surface area contributed by atoms with Crippen molar-refractivity contribution in [1.29, 1.82) is 0 Å². The summed E-state index contributed by atoms with van der Waals surface area (Å²) in [5.74, 6) is -0.418. The molecule has 7 heteroatoms. The van der Waals surface area contributed by atoms with Gasteiger partial charge in [0.05, 0.1) is 0 Å². The van der Waals surface area contributed by atoms with Crippen molar-refractivity contribution in [2.75, 3.05) is 0 Å². The van der Waals surface area contributed by atoms with Crippen LogP contribution in [0.3, 0.4) is 0 Å². The van der Waals surface area contributed by atoms with Crippen LogP contribution in [0.15, 0.2) is 57.7 Å². The molecule has 1 aliphatic carbocycles. The largest absolute Gasteiger partial charge is 0.445 e. The molecule has 31 heavy (non-hydrogen) atoms. The second-order valence-corrected chi connectivity index (χ2v) is 7.56. The Morgan fingerprint density at radius 2 is 1.81 bits per heavy atom. The summed E-state index contributed by atoms with van der Waals surface area (Å²) in [5.41, 5.74) is 2.66. The summed E-state index contributed by atoms with van der Waals surface area (Å²) in [6, 6.07) is 13.3. The molecule has 7 nitrogen and oxygen atoms in total. The van der Waals surface area contributed by atoms with Gasteiger partial charge in [-0.2, -0.15) is 0 Å². The van der Waals surface area contributed by atoms with Gasteiger partial charge in [0, 0.05) is 17.0 Å². The number of alkyl carbamates (subject to hydrolysis) is 1. The molecule has 4 rings (SSSR count). The molecule has 1 atom stereocenters. The highest BCUT2D eigenvalue weighted by atomic mass is 16.6. The van der Waals surface area contributed by atoms with Gasteiger partial charge < -0.3 is 19.2 Å². The minimum Gasteiger partial charge on any atom is -0.445 e. The second-order valence-electron chi connectivity index (χ2n) is 7.56. The van der Waals surface area contributed by atoms with Crippen molar-refractivity contribution < 1.29 is 23.5 Å². The van der Waals surface area contributed by atoms with Gasteiger partial charge in [0.15, 0.2) is 0 Å². The van der Waals surface area contributed by atoms with Crippen LogP contribution in [0.1, 0.15) is 36.5 Å². The van der Waals surface area contributed by atoms with Crippen LogP contribution in [-0.2, 0) is 29.0 Å². The van der Waals surface area contributed by atoms with Gasteiger partial charge in [-0.25, -0.2) is 14.4 Å². The minimum absolute atomic E-state index is 0.0997. The molecular weight excluding hydrogens is 398 g/mol. The van der Waals surface area contributed by atoms with Crippen molar-refractivity contribution in [3.63, 3.8) is 0 Å². The molecule has 1 heterocycles. The van der Waals surface area contributed by atoms with Crippen LogP contribution < -0.4 is 15.7 Å².